The van der Waals surface area contributed by atoms with E-state index in [1.807, 2.05) is 0 Å². The lowest BCUT2D eigenvalue weighted by Crippen LogP contribution is -2.76. The largest absolute Gasteiger partial charge is 0.396 e. The number of rotatable bonds is 1. The van der Waals surface area contributed by atoms with Gasteiger partial charge in [-0.3, -0.25) is 0 Å². The molecule has 4 aliphatic rings. The standard InChI is InChI=1S/C15H26O3/c1-13(2)10-4-5-14(3)11(7-10)9(8-16)6-12(17)15(13,14)18/h9-12,16-18H,4-8H2,1-3H3. The Morgan fingerprint density at radius 2 is 1.83 bits per heavy atom. The topological polar surface area (TPSA) is 60.7 Å². The van der Waals surface area contributed by atoms with Gasteiger partial charge in [-0.15, -0.1) is 0 Å². The van der Waals surface area contributed by atoms with Gasteiger partial charge in [-0.1, -0.05) is 20.8 Å². The van der Waals surface area contributed by atoms with E-state index in [1.165, 1.54) is 0 Å². The molecule has 4 bridgehead atoms. The summed E-state index contributed by atoms with van der Waals surface area (Å²) in [7, 11) is 0. The molecule has 0 aromatic rings. The first-order valence-electron chi connectivity index (χ1n) is 7.30. The molecule has 0 amide bonds. The van der Waals surface area contributed by atoms with E-state index in [4.69, 9.17) is 0 Å². The molecule has 4 fully saturated rings. The lowest BCUT2D eigenvalue weighted by Gasteiger charge is -2.72. The number of hydrogen-bond donors (Lipinski definition) is 3. The van der Waals surface area contributed by atoms with Gasteiger partial charge in [0.2, 0.25) is 0 Å². The number of hydrogen-bond acceptors (Lipinski definition) is 3. The summed E-state index contributed by atoms with van der Waals surface area (Å²) in [4.78, 5) is 0. The highest BCUT2D eigenvalue weighted by Crippen LogP contribution is 2.71. The molecule has 4 saturated carbocycles. The minimum Gasteiger partial charge on any atom is -0.396 e. The zero-order chi connectivity index (χ0) is 13.3. The summed E-state index contributed by atoms with van der Waals surface area (Å²) in [5, 5.41) is 31.5. The molecule has 0 aliphatic heterocycles. The van der Waals surface area contributed by atoms with Crippen LogP contribution in [0.3, 0.4) is 0 Å². The van der Waals surface area contributed by atoms with Crippen LogP contribution in [0, 0.1) is 28.6 Å². The molecule has 104 valence electrons. The fourth-order valence-electron chi connectivity index (χ4n) is 5.87. The van der Waals surface area contributed by atoms with Crippen LogP contribution in [0.5, 0.6) is 0 Å². The Kier molecular flexibility index (Phi) is 2.51. The van der Waals surface area contributed by atoms with E-state index >= 15 is 0 Å². The predicted octanol–water partition coefficient (Wildman–Crippen LogP) is 1.55. The Balaban J connectivity index is 2.13. The second-order valence-corrected chi connectivity index (χ2v) is 7.68. The minimum absolute atomic E-state index is 0.139. The predicted molar refractivity (Wildman–Crippen MR) is 68.9 cm³/mol. The molecule has 6 unspecified atom stereocenters. The highest BCUT2D eigenvalue weighted by atomic mass is 16.3. The van der Waals surface area contributed by atoms with Crippen molar-refractivity contribution in [1.29, 1.82) is 0 Å². The van der Waals surface area contributed by atoms with Gasteiger partial charge < -0.3 is 15.3 Å². The Hall–Kier alpha value is -0.120. The highest BCUT2D eigenvalue weighted by Gasteiger charge is 2.73. The van der Waals surface area contributed by atoms with Gasteiger partial charge in [-0.25, -0.2) is 0 Å². The van der Waals surface area contributed by atoms with Gasteiger partial charge in [0.15, 0.2) is 0 Å². The quantitative estimate of drug-likeness (QED) is 0.665. The molecule has 0 spiro atoms. The van der Waals surface area contributed by atoms with E-state index in [9.17, 15) is 15.3 Å². The first-order valence-corrected chi connectivity index (χ1v) is 7.30. The van der Waals surface area contributed by atoms with Crippen molar-refractivity contribution in [2.45, 2.75) is 58.2 Å². The molecule has 4 rings (SSSR count). The number of aliphatic hydroxyl groups is 3. The molecule has 0 radical (unpaired) electrons. The van der Waals surface area contributed by atoms with Crippen LogP contribution in [0.25, 0.3) is 0 Å². The highest BCUT2D eigenvalue weighted by molar-refractivity contribution is 5.22. The summed E-state index contributed by atoms with van der Waals surface area (Å²) in [5.41, 5.74) is -1.45. The molecule has 3 nitrogen and oxygen atoms in total. The molecule has 0 aromatic carbocycles. The summed E-state index contributed by atoms with van der Waals surface area (Å²) >= 11 is 0. The van der Waals surface area contributed by atoms with E-state index in [2.05, 4.69) is 20.8 Å². The van der Waals surface area contributed by atoms with Gasteiger partial charge in [-0.05, 0) is 48.9 Å². The lowest BCUT2D eigenvalue weighted by atomic mass is 9.35. The zero-order valence-electron chi connectivity index (χ0n) is 11.7. The average molecular weight is 254 g/mol. The van der Waals surface area contributed by atoms with Crippen molar-refractivity contribution in [2.24, 2.45) is 28.6 Å². The Labute approximate surface area is 109 Å². The molecule has 18 heavy (non-hydrogen) atoms. The monoisotopic (exact) mass is 254 g/mol. The maximum absolute atomic E-state index is 11.3. The van der Waals surface area contributed by atoms with Crippen molar-refractivity contribution in [3.63, 3.8) is 0 Å². The van der Waals surface area contributed by atoms with Gasteiger partial charge in [-0.2, -0.15) is 0 Å². The Morgan fingerprint density at radius 3 is 2.44 bits per heavy atom. The number of aliphatic hydroxyl groups excluding tert-OH is 2. The van der Waals surface area contributed by atoms with Crippen molar-refractivity contribution in [3.05, 3.63) is 0 Å². The third kappa shape index (κ3) is 1.13. The van der Waals surface area contributed by atoms with Crippen molar-refractivity contribution in [2.75, 3.05) is 6.61 Å². The fourth-order valence-corrected chi connectivity index (χ4v) is 5.87. The number of fused-ring (bicyclic) bond motifs is 1. The third-order valence-corrected chi connectivity index (χ3v) is 7.05. The van der Waals surface area contributed by atoms with Crippen LogP contribution < -0.4 is 0 Å². The Morgan fingerprint density at radius 1 is 1.17 bits per heavy atom. The summed E-state index contributed by atoms with van der Waals surface area (Å²) in [6.45, 7) is 6.52. The van der Waals surface area contributed by atoms with E-state index in [0.29, 0.717) is 18.3 Å². The summed E-state index contributed by atoms with van der Waals surface area (Å²) in [5.74, 6) is 0.991. The van der Waals surface area contributed by atoms with Crippen LogP contribution in [-0.2, 0) is 0 Å². The zero-order valence-corrected chi connectivity index (χ0v) is 11.7. The maximum atomic E-state index is 11.3. The van der Waals surface area contributed by atoms with Gasteiger partial charge in [0.05, 0.1) is 6.10 Å². The van der Waals surface area contributed by atoms with E-state index in [-0.39, 0.29) is 23.4 Å². The summed E-state index contributed by atoms with van der Waals surface area (Å²) in [6, 6.07) is 0. The SMILES string of the molecule is CC1(C)C2CCC3(C)C(C2)C(CO)CC(O)C13O. The second-order valence-electron chi connectivity index (χ2n) is 7.68. The average Bonchev–Trinajstić information content (AvgIpc) is 2.32. The van der Waals surface area contributed by atoms with Gasteiger partial charge in [0, 0.05) is 12.0 Å². The van der Waals surface area contributed by atoms with E-state index in [0.717, 1.165) is 19.3 Å². The van der Waals surface area contributed by atoms with Crippen LogP contribution in [0.1, 0.15) is 46.5 Å². The maximum Gasteiger partial charge on any atom is 0.101 e. The first-order chi connectivity index (χ1) is 8.29. The van der Waals surface area contributed by atoms with Crippen LogP contribution in [0.2, 0.25) is 0 Å². The normalized spacial score (nSPS) is 57.7. The smallest absolute Gasteiger partial charge is 0.101 e. The summed E-state index contributed by atoms with van der Waals surface area (Å²) < 4.78 is 0. The van der Waals surface area contributed by atoms with Crippen molar-refractivity contribution in [1.82, 2.24) is 0 Å². The molecule has 0 saturated heterocycles. The molecule has 0 heterocycles. The van der Waals surface area contributed by atoms with Gasteiger partial charge >= 0.3 is 0 Å². The van der Waals surface area contributed by atoms with Crippen molar-refractivity contribution >= 4 is 0 Å². The van der Waals surface area contributed by atoms with Crippen LogP contribution in [0.15, 0.2) is 0 Å². The van der Waals surface area contributed by atoms with Crippen molar-refractivity contribution in [3.8, 4) is 0 Å². The third-order valence-electron chi connectivity index (χ3n) is 7.05. The lowest BCUT2D eigenvalue weighted by molar-refractivity contribution is -0.330. The molecule has 3 N–H and O–H groups in total. The van der Waals surface area contributed by atoms with Crippen LogP contribution in [0.4, 0.5) is 0 Å². The molecular formula is C15H26O3. The van der Waals surface area contributed by atoms with Crippen LogP contribution in [-0.4, -0.2) is 33.6 Å². The molecule has 6 atom stereocenters. The molecular weight excluding hydrogens is 228 g/mol. The molecule has 0 aromatic heterocycles. The van der Waals surface area contributed by atoms with Crippen molar-refractivity contribution < 1.29 is 15.3 Å². The molecule has 3 heteroatoms. The Bertz CT molecular complexity index is 367. The summed E-state index contributed by atoms with van der Waals surface area (Å²) in [6.07, 6.45) is 3.07. The van der Waals surface area contributed by atoms with E-state index in [1.54, 1.807) is 0 Å². The minimum atomic E-state index is -0.989. The van der Waals surface area contributed by atoms with Gasteiger partial charge in [0.25, 0.3) is 0 Å². The van der Waals surface area contributed by atoms with E-state index < -0.39 is 11.7 Å². The first kappa shape index (κ1) is 12.9. The fraction of sp³-hybridized carbons (Fsp3) is 1.00. The van der Waals surface area contributed by atoms with Gasteiger partial charge in [0.1, 0.15) is 5.60 Å². The molecule has 4 aliphatic carbocycles. The van der Waals surface area contributed by atoms with Crippen LogP contribution >= 0.6 is 0 Å². The second kappa shape index (κ2) is 3.50.